The number of hydrogen-bond acceptors (Lipinski definition) is 7. The van der Waals surface area contributed by atoms with Crippen LogP contribution in [0.2, 0.25) is 0 Å². The second kappa shape index (κ2) is 10.9. The maximum Gasteiger partial charge on any atom is 0.263 e. The molecule has 0 aromatic rings. The minimum atomic E-state index is -0.475. The van der Waals surface area contributed by atoms with Crippen molar-refractivity contribution in [3.05, 3.63) is 21.3 Å². The van der Waals surface area contributed by atoms with Gasteiger partial charge in [0.2, 0.25) is 0 Å². The summed E-state index contributed by atoms with van der Waals surface area (Å²) in [5.41, 5.74) is 0. The van der Waals surface area contributed by atoms with Crippen molar-refractivity contribution in [2.75, 3.05) is 39.2 Å². The van der Waals surface area contributed by atoms with Gasteiger partial charge in [-0.3, -0.25) is 10.1 Å². The molecule has 1 heterocycles. The van der Waals surface area contributed by atoms with Crippen LogP contribution in [0.4, 0.5) is 0 Å². The van der Waals surface area contributed by atoms with Gasteiger partial charge in [-0.2, -0.15) is 0 Å². The molecule has 8 heteroatoms. The van der Waals surface area contributed by atoms with E-state index in [1.807, 2.05) is 0 Å². The third-order valence-corrected chi connectivity index (χ3v) is 3.35. The third-order valence-electron chi connectivity index (χ3n) is 2.66. The second-order valence-electron chi connectivity index (χ2n) is 4.19. The van der Waals surface area contributed by atoms with Crippen LogP contribution in [0.15, 0.2) is 11.2 Å². The molecule has 0 radical (unpaired) electrons. The van der Waals surface area contributed by atoms with Crippen molar-refractivity contribution in [1.29, 1.82) is 0 Å². The van der Waals surface area contributed by atoms with Crippen molar-refractivity contribution in [1.82, 2.24) is 5.32 Å². The smallest absolute Gasteiger partial charge is 0.263 e. The van der Waals surface area contributed by atoms with E-state index in [1.165, 1.54) is 11.8 Å². The molecule has 1 fully saturated rings. The van der Waals surface area contributed by atoms with Gasteiger partial charge in [0, 0.05) is 13.2 Å². The normalized spacial score (nSPS) is 19.9. The Bertz CT molecular complexity index is 308. The average molecular weight is 306 g/mol. The van der Waals surface area contributed by atoms with Gasteiger partial charge >= 0.3 is 0 Å². The molecule has 0 bridgehead atoms. The molecule has 0 amide bonds. The van der Waals surface area contributed by atoms with Crippen molar-refractivity contribution in [2.24, 2.45) is 0 Å². The molecule has 20 heavy (non-hydrogen) atoms. The molecular weight excluding hydrogens is 284 g/mol. The lowest BCUT2D eigenvalue weighted by Gasteiger charge is -2.22. The maximum absolute atomic E-state index is 10.3. The molecular formula is C12H22N2O5S. The fourth-order valence-electron chi connectivity index (χ4n) is 1.70. The molecule has 7 nitrogen and oxygen atoms in total. The molecule has 1 aliphatic heterocycles. The zero-order chi connectivity index (χ0) is 14.6. The summed E-state index contributed by atoms with van der Waals surface area (Å²) in [5.74, 6) is 0. The van der Waals surface area contributed by atoms with E-state index in [0.29, 0.717) is 31.4 Å². The number of rotatable bonds is 10. The van der Waals surface area contributed by atoms with Crippen molar-refractivity contribution >= 4 is 11.8 Å². The van der Waals surface area contributed by atoms with Gasteiger partial charge in [-0.05, 0) is 25.5 Å². The molecule has 0 saturated carbocycles. The van der Waals surface area contributed by atoms with Crippen LogP contribution in [0.25, 0.3) is 0 Å². The molecule has 1 aliphatic rings. The zero-order valence-corrected chi connectivity index (χ0v) is 12.5. The first-order valence-corrected chi connectivity index (χ1v) is 7.89. The topological polar surface area (TPSA) is 82.9 Å². The Labute approximate surface area is 123 Å². The van der Waals surface area contributed by atoms with Gasteiger partial charge in [0.1, 0.15) is 5.03 Å². The van der Waals surface area contributed by atoms with E-state index in [-0.39, 0.29) is 6.29 Å². The van der Waals surface area contributed by atoms with Crippen LogP contribution in [0.3, 0.4) is 0 Å². The molecule has 0 aromatic carbocycles. The quantitative estimate of drug-likeness (QED) is 0.372. The molecule has 1 unspecified atom stereocenters. The van der Waals surface area contributed by atoms with Gasteiger partial charge in [0.25, 0.3) is 6.20 Å². The van der Waals surface area contributed by atoms with Crippen LogP contribution in [0, 0.1) is 10.1 Å². The summed E-state index contributed by atoms with van der Waals surface area (Å²) in [7, 11) is 0. The number of nitrogens with zero attached hydrogens (tertiary/aromatic N) is 1. The highest BCUT2D eigenvalue weighted by Gasteiger charge is 2.13. The summed E-state index contributed by atoms with van der Waals surface area (Å²) in [4.78, 5) is 9.83. The molecule has 0 spiro atoms. The minimum Gasteiger partial charge on any atom is -0.377 e. The molecule has 1 atom stereocenters. The Morgan fingerprint density at radius 3 is 3.00 bits per heavy atom. The first-order valence-electron chi connectivity index (χ1n) is 6.66. The molecule has 1 saturated heterocycles. The predicted molar refractivity (Wildman–Crippen MR) is 77.0 cm³/mol. The van der Waals surface area contributed by atoms with Gasteiger partial charge < -0.3 is 19.5 Å². The highest BCUT2D eigenvalue weighted by molar-refractivity contribution is 8.02. The lowest BCUT2D eigenvalue weighted by Crippen LogP contribution is -2.24. The molecule has 1 N–H and O–H groups in total. The Balaban J connectivity index is 1.95. The predicted octanol–water partition coefficient (Wildman–Crippen LogP) is 1.57. The van der Waals surface area contributed by atoms with E-state index >= 15 is 0 Å². The van der Waals surface area contributed by atoms with E-state index in [4.69, 9.17) is 14.2 Å². The molecule has 0 aliphatic carbocycles. The summed E-state index contributed by atoms with van der Waals surface area (Å²) in [6.07, 6.45) is 5.85. The summed E-state index contributed by atoms with van der Waals surface area (Å²) < 4.78 is 16.3. The number of nitro groups is 1. The fourth-order valence-corrected chi connectivity index (χ4v) is 2.13. The number of hydrogen-bond donors (Lipinski definition) is 1. The lowest BCUT2D eigenvalue weighted by molar-refractivity contribution is -0.403. The van der Waals surface area contributed by atoms with Gasteiger partial charge in [0.05, 0.1) is 24.7 Å². The Morgan fingerprint density at radius 2 is 2.35 bits per heavy atom. The third kappa shape index (κ3) is 8.36. The van der Waals surface area contributed by atoms with Crippen molar-refractivity contribution < 1.29 is 19.1 Å². The van der Waals surface area contributed by atoms with E-state index in [0.717, 1.165) is 32.1 Å². The van der Waals surface area contributed by atoms with E-state index in [9.17, 15) is 10.1 Å². The monoisotopic (exact) mass is 306 g/mol. The van der Waals surface area contributed by atoms with Crippen LogP contribution in [0.5, 0.6) is 0 Å². The van der Waals surface area contributed by atoms with Crippen LogP contribution < -0.4 is 5.32 Å². The van der Waals surface area contributed by atoms with Crippen molar-refractivity contribution in [3.8, 4) is 0 Å². The van der Waals surface area contributed by atoms with E-state index in [1.54, 1.807) is 6.26 Å². The maximum atomic E-state index is 10.3. The molecule has 116 valence electrons. The summed E-state index contributed by atoms with van der Waals surface area (Å²) in [6, 6.07) is 0. The molecule has 0 aromatic heterocycles. The van der Waals surface area contributed by atoms with Gasteiger partial charge in [-0.25, -0.2) is 0 Å². The van der Waals surface area contributed by atoms with Gasteiger partial charge in [-0.15, -0.1) is 11.8 Å². The Kier molecular flexibility index (Phi) is 9.38. The first kappa shape index (κ1) is 17.2. The Hall–Kier alpha value is -0.830. The van der Waals surface area contributed by atoms with E-state index in [2.05, 4.69) is 5.32 Å². The summed E-state index contributed by atoms with van der Waals surface area (Å²) in [5, 5.41) is 13.8. The van der Waals surface area contributed by atoms with E-state index < -0.39 is 4.92 Å². The number of ether oxygens (including phenoxy) is 3. The van der Waals surface area contributed by atoms with Crippen LogP contribution in [-0.4, -0.2) is 50.4 Å². The Morgan fingerprint density at radius 1 is 1.50 bits per heavy atom. The summed E-state index contributed by atoms with van der Waals surface area (Å²) in [6.45, 7) is 2.78. The van der Waals surface area contributed by atoms with Crippen LogP contribution in [0.1, 0.15) is 19.3 Å². The highest BCUT2D eigenvalue weighted by Crippen LogP contribution is 2.13. The van der Waals surface area contributed by atoms with Crippen molar-refractivity contribution in [3.63, 3.8) is 0 Å². The van der Waals surface area contributed by atoms with Crippen molar-refractivity contribution in [2.45, 2.75) is 25.6 Å². The zero-order valence-electron chi connectivity index (χ0n) is 11.7. The largest absolute Gasteiger partial charge is 0.377 e. The molecule has 1 rings (SSSR count). The first-order chi connectivity index (χ1) is 9.72. The number of nitrogens with one attached hydrogen (secondary N) is 1. The SMILES string of the molecule is CS/C(=C\[N+](=O)[O-])NCCOCCOC1CCCCO1. The standard InChI is InChI=1S/C12H22N2O5S/c1-20-11(10-14(15)16)13-5-7-17-8-9-19-12-4-2-3-6-18-12/h10,12-13H,2-9H2,1H3/b11-10-. The van der Waals surface area contributed by atoms with Gasteiger partial charge in [-0.1, -0.05) is 0 Å². The average Bonchev–Trinajstić information content (AvgIpc) is 2.45. The van der Waals surface area contributed by atoms with Crippen LogP contribution >= 0.6 is 11.8 Å². The second-order valence-corrected chi connectivity index (χ2v) is 5.04. The minimum absolute atomic E-state index is 0.0865. The number of thioether (sulfide) groups is 1. The van der Waals surface area contributed by atoms with Gasteiger partial charge in [0.15, 0.2) is 6.29 Å². The lowest BCUT2D eigenvalue weighted by atomic mass is 10.2. The highest BCUT2D eigenvalue weighted by atomic mass is 32.2. The van der Waals surface area contributed by atoms with Crippen LogP contribution in [-0.2, 0) is 14.2 Å². The fraction of sp³-hybridized carbons (Fsp3) is 0.833. The summed E-state index contributed by atoms with van der Waals surface area (Å²) >= 11 is 1.30.